The summed E-state index contributed by atoms with van der Waals surface area (Å²) in [5.41, 5.74) is 4.77. The number of benzene rings is 2. The maximum absolute atomic E-state index is 5.50. The maximum atomic E-state index is 5.50. The number of aromatic nitrogens is 3. The molecule has 147 valence electrons. The van der Waals surface area contributed by atoms with E-state index in [1.165, 1.54) is 25.2 Å². The Morgan fingerprint density at radius 1 is 1.03 bits per heavy atom. The number of hydrogen-bond donors (Lipinski definition) is 0. The van der Waals surface area contributed by atoms with Crippen LogP contribution in [0.25, 0.3) is 16.1 Å². The van der Waals surface area contributed by atoms with Crippen molar-refractivity contribution < 1.29 is 4.74 Å². The summed E-state index contributed by atoms with van der Waals surface area (Å²) in [6.45, 7) is 4.35. The predicted molar refractivity (Wildman–Crippen MR) is 121 cm³/mol. The normalized spacial score (nSPS) is 11.4. The molecule has 0 spiro atoms. The van der Waals surface area contributed by atoms with Gasteiger partial charge in [0.1, 0.15) is 0 Å². The van der Waals surface area contributed by atoms with Crippen molar-refractivity contribution >= 4 is 35.2 Å². The average molecular weight is 464 g/mol. The van der Waals surface area contributed by atoms with Gasteiger partial charge in [-0.25, -0.2) is 0 Å². The van der Waals surface area contributed by atoms with Crippen molar-refractivity contribution in [3.05, 3.63) is 72.4 Å². The van der Waals surface area contributed by atoms with Crippen molar-refractivity contribution in [2.75, 3.05) is 7.11 Å². The first kappa shape index (κ1) is 19.9. The molecule has 4 nitrogen and oxygen atoms in total. The van der Waals surface area contributed by atoms with Gasteiger partial charge < -0.3 is 0 Å². The van der Waals surface area contributed by atoms with Gasteiger partial charge in [0.25, 0.3) is 0 Å². The van der Waals surface area contributed by atoms with E-state index in [1.807, 2.05) is 30.7 Å². The van der Waals surface area contributed by atoms with Crippen LogP contribution in [-0.4, -0.2) is 37.4 Å². The molecule has 4 aromatic rings. The number of para-hydroxylation sites is 1. The Bertz CT molecular complexity index is 1120. The first-order chi connectivity index (χ1) is 14.2. The molecule has 0 atom stereocenters. The molecule has 0 N–H and O–H groups in total. The van der Waals surface area contributed by atoms with Gasteiger partial charge in [-0.05, 0) is 0 Å². The number of imidazole rings is 1. The zero-order valence-electron chi connectivity index (χ0n) is 16.8. The van der Waals surface area contributed by atoms with Crippen molar-refractivity contribution in [2.24, 2.45) is 0 Å². The number of nitrogens with zero attached hydrogens (tertiary/aromatic N) is 3. The van der Waals surface area contributed by atoms with E-state index in [9.17, 15) is 0 Å². The molecule has 0 aliphatic rings. The summed E-state index contributed by atoms with van der Waals surface area (Å²) in [6, 6.07) is 16.9. The fourth-order valence-electron chi connectivity index (χ4n) is 3.42. The van der Waals surface area contributed by atoms with Crippen LogP contribution in [0.5, 0.6) is 5.75 Å². The van der Waals surface area contributed by atoms with E-state index in [1.54, 1.807) is 18.4 Å². The van der Waals surface area contributed by atoms with Crippen LogP contribution in [0.15, 0.2) is 61.1 Å². The number of aryl methyl sites for hydroxylation is 1. The van der Waals surface area contributed by atoms with E-state index in [4.69, 9.17) is 9.72 Å². The Labute approximate surface area is 182 Å². The summed E-state index contributed by atoms with van der Waals surface area (Å²) in [5.74, 6) is 0.889. The summed E-state index contributed by atoms with van der Waals surface area (Å²) in [6.07, 6.45) is 5.87. The Morgan fingerprint density at radius 2 is 1.90 bits per heavy atom. The predicted octanol–water partition coefficient (Wildman–Crippen LogP) is 3.78. The summed E-state index contributed by atoms with van der Waals surface area (Å²) in [7, 11) is 1.71. The molecular formula is C23H23AsN3OS. The van der Waals surface area contributed by atoms with Crippen LogP contribution in [0.4, 0.5) is 0 Å². The van der Waals surface area contributed by atoms with Crippen LogP contribution < -0.4 is 12.9 Å². The van der Waals surface area contributed by atoms with Gasteiger partial charge in [-0.2, -0.15) is 0 Å². The number of rotatable bonds is 7. The molecule has 0 unspecified atom stereocenters. The van der Waals surface area contributed by atoms with Gasteiger partial charge in [-0.3, -0.25) is 0 Å². The summed E-state index contributed by atoms with van der Waals surface area (Å²) >= 11 is 1.59. The molecule has 1 radical (unpaired) electrons. The third kappa shape index (κ3) is 4.17. The summed E-state index contributed by atoms with van der Waals surface area (Å²) < 4.78 is 10.3. The second kappa shape index (κ2) is 8.98. The molecule has 29 heavy (non-hydrogen) atoms. The van der Waals surface area contributed by atoms with E-state index in [0.29, 0.717) is 0 Å². The third-order valence-corrected chi connectivity index (χ3v) is 8.47. The van der Waals surface area contributed by atoms with Crippen LogP contribution in [0.1, 0.15) is 25.2 Å². The zero-order chi connectivity index (χ0) is 20.2. The van der Waals surface area contributed by atoms with Gasteiger partial charge in [0.2, 0.25) is 0 Å². The first-order valence-corrected chi connectivity index (χ1v) is 12.4. The molecule has 0 bridgehead atoms. The molecule has 0 fully saturated rings. The summed E-state index contributed by atoms with van der Waals surface area (Å²) in [4.78, 5) is 10.5. The van der Waals surface area contributed by atoms with E-state index in [0.717, 1.165) is 29.0 Å². The van der Waals surface area contributed by atoms with Crippen molar-refractivity contribution in [3.8, 4) is 21.9 Å². The molecule has 0 amide bonds. The van der Waals surface area contributed by atoms with Crippen LogP contribution in [0.3, 0.4) is 0 Å². The fraction of sp³-hybridized carbons (Fsp3) is 0.217. The Morgan fingerprint density at radius 3 is 2.69 bits per heavy atom. The summed E-state index contributed by atoms with van der Waals surface area (Å²) in [5, 5.41) is 0. The minimum atomic E-state index is -0.174. The molecule has 0 saturated carbocycles. The van der Waals surface area contributed by atoms with Crippen molar-refractivity contribution in [2.45, 2.75) is 26.7 Å². The zero-order valence-corrected chi connectivity index (χ0v) is 19.5. The Hall–Kier alpha value is -2.36. The van der Waals surface area contributed by atoms with E-state index < -0.39 is 0 Å². The standard InChI is InChI=1S/C23H23AsN3OS/c1-4-19-20(5-2)27(15-26-19)17-10-8-9-16(13-17)24-23-25-14-22(29-23)18-11-6-7-12-21(18)28-3/h6-15H,4-5H2,1-3H3. The van der Waals surface area contributed by atoms with Crippen LogP contribution in [-0.2, 0) is 12.8 Å². The van der Waals surface area contributed by atoms with Crippen LogP contribution in [0.2, 0.25) is 0 Å². The first-order valence-electron chi connectivity index (χ1n) is 9.70. The minimum absolute atomic E-state index is 0.174. The molecule has 2 aromatic heterocycles. The SMILES string of the molecule is CCc1ncn(-c2cccc([As]c3ncc(-c4ccccc4OC)s3)c2)c1CC. The van der Waals surface area contributed by atoms with Crippen molar-refractivity contribution in [3.63, 3.8) is 0 Å². The second-order valence-corrected chi connectivity index (χ2v) is 10.7. The third-order valence-electron chi connectivity index (χ3n) is 4.82. The van der Waals surface area contributed by atoms with E-state index in [2.05, 4.69) is 53.7 Å². The molecule has 0 saturated heterocycles. The van der Waals surface area contributed by atoms with Gasteiger partial charge >= 0.3 is 183 Å². The van der Waals surface area contributed by atoms with E-state index >= 15 is 0 Å². The molecule has 2 aromatic carbocycles. The van der Waals surface area contributed by atoms with Gasteiger partial charge in [0.15, 0.2) is 0 Å². The van der Waals surface area contributed by atoms with Gasteiger partial charge in [0.05, 0.1) is 0 Å². The number of ether oxygens (including phenoxy) is 1. The van der Waals surface area contributed by atoms with Crippen LogP contribution in [0, 0.1) is 0 Å². The topological polar surface area (TPSA) is 39.9 Å². The monoisotopic (exact) mass is 464 g/mol. The average Bonchev–Trinajstić information content (AvgIpc) is 3.40. The number of methoxy groups -OCH3 is 1. The van der Waals surface area contributed by atoms with E-state index in [-0.39, 0.29) is 15.8 Å². The second-order valence-electron chi connectivity index (χ2n) is 6.55. The van der Waals surface area contributed by atoms with Gasteiger partial charge in [-0.1, -0.05) is 0 Å². The quantitative estimate of drug-likeness (QED) is 0.391. The Balaban J connectivity index is 1.60. The van der Waals surface area contributed by atoms with Crippen LogP contribution >= 0.6 is 11.3 Å². The van der Waals surface area contributed by atoms with Gasteiger partial charge in [-0.15, -0.1) is 0 Å². The molecule has 6 heteroatoms. The molecule has 0 aliphatic heterocycles. The Kier molecular flexibility index (Phi) is 6.17. The van der Waals surface area contributed by atoms with Crippen molar-refractivity contribution in [1.29, 1.82) is 0 Å². The molecule has 4 rings (SSSR count). The fourth-order valence-corrected chi connectivity index (χ4v) is 7.06. The molecule has 2 heterocycles. The molecule has 0 aliphatic carbocycles. The number of thiazole rings is 1. The molecular weight excluding hydrogens is 441 g/mol. The van der Waals surface area contributed by atoms with Crippen molar-refractivity contribution in [1.82, 2.24) is 14.5 Å². The number of hydrogen-bond acceptors (Lipinski definition) is 4. The van der Waals surface area contributed by atoms with Gasteiger partial charge in [0, 0.05) is 0 Å².